The van der Waals surface area contributed by atoms with Crippen LogP contribution >= 0.6 is 24.2 Å². The van der Waals surface area contributed by atoms with Gasteiger partial charge in [-0.25, -0.2) is 4.98 Å². The van der Waals surface area contributed by atoms with Gasteiger partial charge < -0.3 is 10.2 Å². The van der Waals surface area contributed by atoms with Crippen LogP contribution in [0.3, 0.4) is 0 Å². The number of nitrogens with one attached hydrogen (secondary N) is 1. The largest absolute Gasteiger partial charge is 0.334 e. The number of amides is 1. The average Bonchev–Trinajstić information content (AvgIpc) is 2.99. The summed E-state index contributed by atoms with van der Waals surface area (Å²) < 4.78 is 1.94. The van der Waals surface area contributed by atoms with Crippen LogP contribution in [0.5, 0.6) is 0 Å². The molecule has 0 radical (unpaired) electrons. The molecule has 1 atom stereocenters. The summed E-state index contributed by atoms with van der Waals surface area (Å²) in [5.41, 5.74) is 1.60. The first-order valence-electron chi connectivity index (χ1n) is 7.40. The third kappa shape index (κ3) is 3.71. The number of carbonyl (C=O) groups excluding carboxylic acids is 1. The Morgan fingerprint density at radius 2 is 2.09 bits per heavy atom. The molecule has 2 aromatic rings. The van der Waals surface area contributed by atoms with Crippen molar-refractivity contribution in [2.75, 3.05) is 25.9 Å². The highest BCUT2D eigenvalue weighted by Gasteiger charge is 2.25. The molecule has 1 saturated heterocycles. The molecular weight excluding hydrogens is 332 g/mol. The van der Waals surface area contributed by atoms with Crippen molar-refractivity contribution in [1.29, 1.82) is 0 Å². The molecule has 0 saturated carbocycles. The molecule has 1 aromatic carbocycles. The second kappa shape index (κ2) is 7.86. The average molecular weight is 353 g/mol. The van der Waals surface area contributed by atoms with Gasteiger partial charge in [0, 0.05) is 31.4 Å². The zero-order valence-electron chi connectivity index (χ0n) is 13.2. The topological polar surface area (TPSA) is 50.2 Å². The normalized spacial score (nSPS) is 17.7. The quantitative estimate of drug-likeness (QED) is 0.862. The summed E-state index contributed by atoms with van der Waals surface area (Å²) in [5, 5.41) is 4.19. The molecule has 0 spiro atoms. The number of aromatic nitrogens is 2. The van der Waals surface area contributed by atoms with Crippen molar-refractivity contribution in [2.24, 2.45) is 0 Å². The van der Waals surface area contributed by atoms with Crippen LogP contribution in [0.25, 0.3) is 5.69 Å². The summed E-state index contributed by atoms with van der Waals surface area (Å²) in [6.07, 6.45) is 3.66. The molecule has 1 aliphatic heterocycles. The van der Waals surface area contributed by atoms with E-state index >= 15 is 0 Å². The number of hydrogen-bond donors (Lipinski definition) is 1. The van der Waals surface area contributed by atoms with Crippen LogP contribution in [0.15, 0.2) is 41.7 Å². The van der Waals surface area contributed by atoms with Crippen LogP contribution in [-0.2, 0) is 0 Å². The highest BCUT2D eigenvalue weighted by Crippen LogP contribution is 2.22. The van der Waals surface area contributed by atoms with Crippen molar-refractivity contribution < 1.29 is 4.79 Å². The molecule has 5 nitrogen and oxygen atoms in total. The van der Waals surface area contributed by atoms with Gasteiger partial charge in [-0.3, -0.25) is 9.36 Å². The van der Waals surface area contributed by atoms with E-state index in [9.17, 15) is 4.79 Å². The molecular formula is C16H21ClN4OS. The Hall–Kier alpha value is -1.50. The molecule has 1 aliphatic rings. The number of thioether (sulfide) groups is 1. The number of piperazine rings is 1. The summed E-state index contributed by atoms with van der Waals surface area (Å²) in [6.45, 7) is 4.40. The molecule has 23 heavy (non-hydrogen) atoms. The minimum absolute atomic E-state index is 0. The number of nitrogens with zero attached hydrogens (tertiary/aromatic N) is 3. The first-order valence-corrected chi connectivity index (χ1v) is 8.63. The van der Waals surface area contributed by atoms with Gasteiger partial charge in [0.05, 0.1) is 6.20 Å². The van der Waals surface area contributed by atoms with Crippen LogP contribution < -0.4 is 5.32 Å². The van der Waals surface area contributed by atoms with E-state index in [-0.39, 0.29) is 18.3 Å². The van der Waals surface area contributed by atoms with Crippen molar-refractivity contribution in [3.63, 3.8) is 0 Å². The molecule has 0 bridgehead atoms. The molecule has 1 fully saturated rings. The maximum absolute atomic E-state index is 12.9. The van der Waals surface area contributed by atoms with Crippen molar-refractivity contribution >= 4 is 30.1 Å². The predicted octanol–water partition coefficient (Wildman–Crippen LogP) is 2.45. The van der Waals surface area contributed by atoms with Crippen LogP contribution in [0, 0.1) is 0 Å². The molecule has 2 heterocycles. The summed E-state index contributed by atoms with van der Waals surface area (Å²) >= 11 is 1.54. The molecule has 124 valence electrons. The predicted molar refractivity (Wildman–Crippen MR) is 96.0 cm³/mol. The van der Waals surface area contributed by atoms with E-state index < -0.39 is 0 Å². The first kappa shape index (κ1) is 17.8. The minimum Gasteiger partial charge on any atom is -0.334 e. The summed E-state index contributed by atoms with van der Waals surface area (Å²) in [6, 6.07) is 10.2. The smallest absolute Gasteiger partial charge is 0.272 e. The van der Waals surface area contributed by atoms with Crippen molar-refractivity contribution in [2.45, 2.75) is 18.1 Å². The number of carbonyl (C=O) groups is 1. The Morgan fingerprint density at radius 3 is 2.74 bits per heavy atom. The molecule has 7 heteroatoms. The summed E-state index contributed by atoms with van der Waals surface area (Å²) in [5.74, 6) is 0.0463. The number of rotatable bonds is 3. The minimum atomic E-state index is 0. The van der Waals surface area contributed by atoms with Gasteiger partial charge in [-0.1, -0.05) is 30.0 Å². The highest BCUT2D eigenvalue weighted by atomic mass is 35.5. The van der Waals surface area contributed by atoms with E-state index in [2.05, 4.69) is 17.2 Å². The molecule has 1 amide bonds. The Balaban J connectivity index is 0.00000192. The second-order valence-electron chi connectivity index (χ2n) is 5.41. The van der Waals surface area contributed by atoms with Crippen molar-refractivity contribution in [1.82, 2.24) is 19.8 Å². The van der Waals surface area contributed by atoms with Crippen LogP contribution in [0.2, 0.25) is 0 Å². The van der Waals surface area contributed by atoms with Crippen LogP contribution in [-0.4, -0.2) is 52.3 Å². The molecule has 0 unspecified atom stereocenters. The van der Waals surface area contributed by atoms with Gasteiger partial charge in [0.15, 0.2) is 5.16 Å². The Morgan fingerprint density at radius 1 is 1.35 bits per heavy atom. The maximum atomic E-state index is 12.9. The maximum Gasteiger partial charge on any atom is 0.272 e. The molecule has 1 aromatic heterocycles. The lowest BCUT2D eigenvalue weighted by Crippen LogP contribution is -2.51. The van der Waals surface area contributed by atoms with E-state index in [0.717, 1.165) is 30.5 Å². The molecule has 0 aliphatic carbocycles. The Bertz CT molecular complexity index is 661. The Labute approximate surface area is 146 Å². The van der Waals surface area contributed by atoms with Gasteiger partial charge in [-0.2, -0.15) is 0 Å². The summed E-state index contributed by atoms with van der Waals surface area (Å²) in [4.78, 5) is 19.2. The molecule has 3 rings (SSSR count). The van der Waals surface area contributed by atoms with E-state index in [1.54, 1.807) is 18.0 Å². The zero-order valence-corrected chi connectivity index (χ0v) is 14.9. The highest BCUT2D eigenvalue weighted by molar-refractivity contribution is 7.98. The lowest BCUT2D eigenvalue weighted by molar-refractivity contribution is 0.0700. The van der Waals surface area contributed by atoms with Gasteiger partial charge >= 0.3 is 0 Å². The lowest BCUT2D eigenvalue weighted by Gasteiger charge is -2.32. The number of para-hydroxylation sites is 1. The number of halogens is 1. The standard InChI is InChI=1S/C16H20N4OS.ClH/c1-12-11-19(9-8-17-12)15(21)14-10-18-16(22-2)20(14)13-6-4-3-5-7-13;/h3-7,10,12,17H,8-9,11H2,1-2H3;1H/t12-;/m1./s1. The monoisotopic (exact) mass is 352 g/mol. The fourth-order valence-corrected chi connectivity index (χ4v) is 3.28. The van der Waals surface area contributed by atoms with Gasteiger partial charge in [0.1, 0.15) is 5.69 Å². The van der Waals surface area contributed by atoms with Gasteiger partial charge in [0.25, 0.3) is 5.91 Å². The zero-order chi connectivity index (χ0) is 15.5. The van der Waals surface area contributed by atoms with E-state index in [0.29, 0.717) is 11.7 Å². The van der Waals surface area contributed by atoms with E-state index in [1.807, 2.05) is 46.1 Å². The third-order valence-corrected chi connectivity index (χ3v) is 4.45. The Kier molecular flexibility index (Phi) is 6.10. The fraction of sp³-hybridized carbons (Fsp3) is 0.375. The number of benzene rings is 1. The van der Waals surface area contributed by atoms with Gasteiger partial charge in [-0.05, 0) is 25.3 Å². The number of hydrogen-bond acceptors (Lipinski definition) is 4. The lowest BCUT2D eigenvalue weighted by atomic mass is 10.2. The van der Waals surface area contributed by atoms with Gasteiger partial charge in [0.2, 0.25) is 0 Å². The van der Waals surface area contributed by atoms with Crippen molar-refractivity contribution in [3.05, 3.63) is 42.2 Å². The second-order valence-corrected chi connectivity index (χ2v) is 6.18. The van der Waals surface area contributed by atoms with Gasteiger partial charge in [-0.15, -0.1) is 12.4 Å². The first-order chi connectivity index (χ1) is 10.7. The molecule has 1 N–H and O–H groups in total. The number of imidazole rings is 1. The van der Waals surface area contributed by atoms with Crippen LogP contribution in [0.1, 0.15) is 17.4 Å². The van der Waals surface area contributed by atoms with Crippen molar-refractivity contribution in [3.8, 4) is 5.69 Å². The fourth-order valence-electron chi connectivity index (χ4n) is 2.74. The van der Waals surface area contributed by atoms with Crippen LogP contribution in [0.4, 0.5) is 0 Å². The van der Waals surface area contributed by atoms with E-state index in [4.69, 9.17) is 0 Å². The SMILES string of the molecule is CSc1ncc(C(=O)N2CCN[C@H](C)C2)n1-c1ccccc1.Cl. The van der Waals surface area contributed by atoms with E-state index in [1.165, 1.54) is 0 Å². The summed E-state index contributed by atoms with van der Waals surface area (Å²) in [7, 11) is 0. The third-order valence-electron chi connectivity index (χ3n) is 3.80.